The summed E-state index contributed by atoms with van der Waals surface area (Å²) in [5.74, 6) is -0.0847. The highest BCUT2D eigenvalue weighted by Gasteiger charge is 2.20. The van der Waals surface area contributed by atoms with E-state index in [1.54, 1.807) is 28.8 Å². The van der Waals surface area contributed by atoms with E-state index in [-0.39, 0.29) is 23.3 Å². The van der Waals surface area contributed by atoms with E-state index in [9.17, 15) is 9.59 Å². The van der Waals surface area contributed by atoms with Crippen LogP contribution in [-0.4, -0.2) is 39.3 Å². The van der Waals surface area contributed by atoms with Crippen LogP contribution in [0, 0.1) is 0 Å². The largest absolute Gasteiger partial charge is 0.349 e. The van der Waals surface area contributed by atoms with Gasteiger partial charge in [-0.25, -0.2) is 4.98 Å². The molecule has 10 heteroatoms. The van der Waals surface area contributed by atoms with Gasteiger partial charge in [0, 0.05) is 29.8 Å². The van der Waals surface area contributed by atoms with Crippen LogP contribution in [0.1, 0.15) is 33.7 Å². The van der Waals surface area contributed by atoms with Crippen molar-refractivity contribution in [2.75, 3.05) is 29.1 Å². The Kier molecular flexibility index (Phi) is 7.38. The van der Waals surface area contributed by atoms with Crippen LogP contribution in [0.4, 0.5) is 10.8 Å². The Morgan fingerprint density at radius 2 is 2.03 bits per heavy atom. The summed E-state index contributed by atoms with van der Waals surface area (Å²) in [7, 11) is 0. The number of nitrogens with one attached hydrogen (secondary N) is 1. The number of carbonyl (C=O) groups is 1. The van der Waals surface area contributed by atoms with Crippen LogP contribution in [-0.2, 0) is 4.79 Å². The van der Waals surface area contributed by atoms with Crippen molar-refractivity contribution < 1.29 is 4.79 Å². The lowest BCUT2D eigenvalue weighted by Crippen LogP contribution is -2.25. The molecular formula is C20H24ClN5O2S2. The lowest BCUT2D eigenvalue weighted by Gasteiger charge is -2.15. The minimum Gasteiger partial charge on any atom is -0.349 e. The Bertz CT molecular complexity index is 1110. The monoisotopic (exact) mass is 465 g/mol. The third kappa shape index (κ3) is 4.96. The lowest BCUT2D eigenvalue weighted by atomic mass is 10.3. The number of anilines is 2. The highest BCUT2D eigenvalue weighted by atomic mass is 35.5. The van der Waals surface area contributed by atoms with Crippen LogP contribution in [0.15, 0.2) is 34.2 Å². The Hall–Kier alpha value is -2.10. The van der Waals surface area contributed by atoms with Gasteiger partial charge in [0.25, 0.3) is 5.56 Å². The second kappa shape index (κ2) is 9.80. The predicted molar refractivity (Wildman–Crippen MR) is 126 cm³/mol. The van der Waals surface area contributed by atoms with Crippen LogP contribution in [0.3, 0.4) is 0 Å². The highest BCUT2D eigenvalue weighted by molar-refractivity contribution is 7.99. The molecule has 0 saturated carbocycles. The molecule has 30 heavy (non-hydrogen) atoms. The van der Waals surface area contributed by atoms with E-state index in [1.807, 2.05) is 13.8 Å². The molecule has 160 valence electrons. The molecular weight excluding hydrogens is 442 g/mol. The molecule has 0 atom stereocenters. The first-order valence-electron chi connectivity index (χ1n) is 9.70. The zero-order valence-corrected chi connectivity index (χ0v) is 19.7. The number of thioether (sulfide) groups is 1. The van der Waals surface area contributed by atoms with E-state index in [4.69, 9.17) is 11.6 Å². The number of rotatable bonds is 8. The second-order valence-electron chi connectivity index (χ2n) is 6.83. The van der Waals surface area contributed by atoms with Crippen LogP contribution >= 0.6 is 34.7 Å². The quantitative estimate of drug-likeness (QED) is 0.385. The van der Waals surface area contributed by atoms with Crippen molar-refractivity contribution in [3.05, 3.63) is 39.6 Å². The zero-order chi connectivity index (χ0) is 21.8. The second-order valence-corrected chi connectivity index (χ2v) is 9.19. The first-order valence-corrected chi connectivity index (χ1v) is 11.9. The molecule has 1 amide bonds. The van der Waals surface area contributed by atoms with Gasteiger partial charge in [0.15, 0.2) is 15.9 Å². The number of aromatic nitrogens is 3. The van der Waals surface area contributed by atoms with E-state index in [0.717, 1.165) is 18.2 Å². The molecule has 1 aromatic carbocycles. The maximum absolute atomic E-state index is 13.1. The summed E-state index contributed by atoms with van der Waals surface area (Å²) in [6.45, 7) is 9.57. The predicted octanol–water partition coefficient (Wildman–Crippen LogP) is 4.66. The Morgan fingerprint density at radius 1 is 1.30 bits per heavy atom. The van der Waals surface area contributed by atoms with Gasteiger partial charge in [0.05, 0.1) is 5.75 Å². The number of hydrogen-bond donors (Lipinski definition) is 1. The SMILES string of the molecule is CCN(CC)c1nc2nc(SCC(=O)Nc3cccc(Cl)c3)n(C(C)C)c(=O)c2s1. The van der Waals surface area contributed by atoms with Crippen molar-refractivity contribution in [1.82, 2.24) is 14.5 Å². The van der Waals surface area contributed by atoms with Crippen LogP contribution < -0.4 is 15.8 Å². The molecule has 3 rings (SSSR count). The number of carbonyl (C=O) groups excluding carboxylic acids is 1. The molecule has 0 saturated heterocycles. The first-order chi connectivity index (χ1) is 14.3. The standard InChI is InChI=1S/C20H24ClN5O2S2/c1-5-25(6-2)19-23-17-16(30-19)18(28)26(12(3)4)20(24-17)29-11-15(27)22-14-9-7-8-13(21)10-14/h7-10,12H,5-6,11H2,1-4H3,(H,22,27). The molecule has 0 aliphatic heterocycles. The topological polar surface area (TPSA) is 80.1 Å². The van der Waals surface area contributed by atoms with Gasteiger partial charge in [0.2, 0.25) is 5.91 Å². The van der Waals surface area contributed by atoms with E-state index in [2.05, 4.69) is 34.0 Å². The summed E-state index contributed by atoms with van der Waals surface area (Å²) in [6.07, 6.45) is 0. The molecule has 0 unspecified atom stereocenters. The molecule has 0 spiro atoms. The highest BCUT2D eigenvalue weighted by Crippen LogP contribution is 2.28. The molecule has 0 aliphatic rings. The first kappa shape index (κ1) is 22.6. The summed E-state index contributed by atoms with van der Waals surface area (Å²) in [6, 6.07) is 6.88. The number of nitrogens with zero attached hydrogens (tertiary/aromatic N) is 4. The van der Waals surface area contributed by atoms with Crippen LogP contribution in [0.2, 0.25) is 5.02 Å². The molecule has 0 fully saturated rings. The summed E-state index contributed by atoms with van der Waals surface area (Å²) < 4.78 is 2.17. The van der Waals surface area contributed by atoms with Crippen molar-refractivity contribution in [3.8, 4) is 0 Å². The van der Waals surface area contributed by atoms with Gasteiger partial charge in [-0.05, 0) is 45.9 Å². The summed E-state index contributed by atoms with van der Waals surface area (Å²) in [4.78, 5) is 36.8. The Labute approximate surface area is 188 Å². The summed E-state index contributed by atoms with van der Waals surface area (Å²) >= 11 is 8.55. The van der Waals surface area contributed by atoms with Gasteiger partial charge in [-0.2, -0.15) is 4.98 Å². The van der Waals surface area contributed by atoms with Crippen molar-refractivity contribution in [2.45, 2.75) is 38.9 Å². The molecule has 1 N–H and O–H groups in total. The van der Waals surface area contributed by atoms with Crippen molar-refractivity contribution in [3.63, 3.8) is 0 Å². The number of halogens is 1. The average Bonchev–Trinajstić information content (AvgIpc) is 3.11. The molecule has 2 aromatic heterocycles. The number of thiazole rings is 1. The van der Waals surface area contributed by atoms with E-state index in [1.165, 1.54) is 23.1 Å². The Morgan fingerprint density at radius 3 is 2.67 bits per heavy atom. The fraction of sp³-hybridized carbons (Fsp3) is 0.400. The van der Waals surface area contributed by atoms with E-state index >= 15 is 0 Å². The fourth-order valence-electron chi connectivity index (χ4n) is 2.94. The third-order valence-electron chi connectivity index (χ3n) is 4.41. The summed E-state index contributed by atoms with van der Waals surface area (Å²) in [5.41, 5.74) is 0.936. The van der Waals surface area contributed by atoms with E-state index < -0.39 is 0 Å². The number of benzene rings is 1. The minimum atomic E-state index is -0.200. The molecule has 3 aromatic rings. The Balaban J connectivity index is 1.87. The maximum Gasteiger partial charge on any atom is 0.274 e. The fourth-order valence-corrected chi connectivity index (χ4v) is 5.11. The van der Waals surface area contributed by atoms with Gasteiger partial charge in [-0.1, -0.05) is 40.8 Å². The molecule has 0 radical (unpaired) electrons. The number of hydrogen-bond acceptors (Lipinski definition) is 7. The third-order valence-corrected chi connectivity index (χ3v) is 6.69. The van der Waals surface area contributed by atoms with Gasteiger partial charge in [-0.15, -0.1) is 0 Å². The van der Waals surface area contributed by atoms with Crippen molar-refractivity contribution in [2.24, 2.45) is 0 Å². The molecule has 0 bridgehead atoms. The van der Waals surface area contributed by atoms with Gasteiger partial charge >= 0.3 is 0 Å². The normalized spacial score (nSPS) is 11.3. The number of amides is 1. The maximum atomic E-state index is 13.1. The zero-order valence-electron chi connectivity index (χ0n) is 17.3. The minimum absolute atomic E-state index is 0.0908. The van der Waals surface area contributed by atoms with Gasteiger partial charge in [-0.3, -0.25) is 14.2 Å². The van der Waals surface area contributed by atoms with Gasteiger partial charge < -0.3 is 10.2 Å². The molecule has 2 heterocycles. The smallest absolute Gasteiger partial charge is 0.274 e. The van der Waals surface area contributed by atoms with E-state index in [0.29, 0.717) is 26.2 Å². The lowest BCUT2D eigenvalue weighted by molar-refractivity contribution is -0.113. The van der Waals surface area contributed by atoms with Crippen molar-refractivity contribution >= 4 is 61.8 Å². The summed E-state index contributed by atoms with van der Waals surface area (Å²) in [5, 5.41) is 4.63. The molecule has 0 aliphatic carbocycles. The van der Waals surface area contributed by atoms with Crippen molar-refractivity contribution in [1.29, 1.82) is 0 Å². The van der Waals surface area contributed by atoms with Crippen LogP contribution in [0.5, 0.6) is 0 Å². The van der Waals surface area contributed by atoms with Gasteiger partial charge in [0.1, 0.15) is 4.70 Å². The number of fused-ring (bicyclic) bond motifs is 1. The van der Waals surface area contributed by atoms with Crippen LogP contribution in [0.25, 0.3) is 10.3 Å². The average molecular weight is 466 g/mol. The molecule has 7 nitrogen and oxygen atoms in total.